The van der Waals surface area contributed by atoms with Crippen molar-refractivity contribution in [2.45, 2.75) is 13.0 Å². The zero-order valence-electron chi connectivity index (χ0n) is 10.5. The van der Waals surface area contributed by atoms with Gasteiger partial charge in [0.25, 0.3) is 5.06 Å². The fraction of sp³-hybridized carbons (Fsp3) is 0.167. The fourth-order valence-corrected chi connectivity index (χ4v) is 2.97. The van der Waals surface area contributed by atoms with Crippen molar-refractivity contribution in [2.75, 3.05) is 0 Å². The molecule has 1 heterocycles. The highest BCUT2D eigenvalue weighted by molar-refractivity contribution is 7.14. The summed E-state index contributed by atoms with van der Waals surface area (Å²) in [5, 5.41) is 21.2. The molecule has 1 atom stereocenters. The highest BCUT2D eigenvalue weighted by atomic mass is 35.5. The van der Waals surface area contributed by atoms with Gasteiger partial charge in [0.2, 0.25) is 0 Å². The average Bonchev–Trinajstić information content (AvgIpc) is 2.80. The molecule has 0 spiro atoms. The molecule has 0 bridgehead atoms. The van der Waals surface area contributed by atoms with Crippen molar-refractivity contribution in [3.8, 4) is 10.8 Å². The third-order valence-electron chi connectivity index (χ3n) is 2.48. The number of halogens is 3. The molecule has 1 aromatic heterocycles. The summed E-state index contributed by atoms with van der Waals surface area (Å²) in [4.78, 5) is 10.8. The monoisotopic (exact) mass is 367 g/mol. The van der Waals surface area contributed by atoms with Crippen LogP contribution < -0.4 is 4.74 Å². The van der Waals surface area contributed by atoms with Gasteiger partial charge in [0.05, 0.1) is 26.1 Å². The summed E-state index contributed by atoms with van der Waals surface area (Å²) in [6, 6.07) is 4.02. The lowest BCUT2D eigenvalue weighted by molar-refractivity contribution is -0.385. The molecule has 0 saturated carbocycles. The highest BCUT2D eigenvalue weighted by Gasteiger charge is 2.24. The maximum absolute atomic E-state index is 11.0. The molecule has 2 aromatic rings. The van der Waals surface area contributed by atoms with Gasteiger partial charge >= 0.3 is 5.69 Å². The summed E-state index contributed by atoms with van der Waals surface area (Å²) >= 11 is 18.6. The Hall–Kier alpha value is -1.05. The van der Waals surface area contributed by atoms with Crippen LogP contribution in [0.1, 0.15) is 17.9 Å². The second-order valence-corrected chi connectivity index (χ2v) is 6.32. The van der Waals surface area contributed by atoms with Gasteiger partial charge in [-0.2, -0.15) is 0 Å². The maximum Gasteiger partial charge on any atom is 0.323 e. The molecule has 0 fully saturated rings. The number of hydrogen-bond acceptors (Lipinski definition) is 5. The molecule has 5 nitrogen and oxygen atoms in total. The van der Waals surface area contributed by atoms with Crippen LogP contribution in [0.4, 0.5) is 5.69 Å². The predicted octanol–water partition coefficient (Wildman–Crippen LogP) is 5.46. The number of hydrogen-bond donors (Lipinski definition) is 1. The van der Waals surface area contributed by atoms with Gasteiger partial charge in [-0.1, -0.05) is 46.1 Å². The number of benzene rings is 1. The summed E-state index contributed by atoms with van der Waals surface area (Å²) in [7, 11) is 0. The molecule has 0 aliphatic carbocycles. The Labute approximate surface area is 138 Å². The smallest absolute Gasteiger partial charge is 0.323 e. The van der Waals surface area contributed by atoms with E-state index in [9.17, 15) is 15.2 Å². The number of thiophene rings is 1. The second-order valence-electron chi connectivity index (χ2n) is 4.05. The Morgan fingerprint density at radius 2 is 1.86 bits per heavy atom. The van der Waals surface area contributed by atoms with Crippen LogP contribution in [0.2, 0.25) is 15.1 Å². The van der Waals surface area contributed by atoms with Gasteiger partial charge in [-0.05, 0) is 13.0 Å². The molecular weight excluding hydrogens is 361 g/mol. The van der Waals surface area contributed by atoms with Gasteiger partial charge in [-0.3, -0.25) is 10.1 Å². The zero-order valence-corrected chi connectivity index (χ0v) is 13.6. The van der Waals surface area contributed by atoms with Gasteiger partial charge in [0.15, 0.2) is 0 Å². The molecule has 1 aromatic carbocycles. The van der Waals surface area contributed by atoms with E-state index in [1.54, 1.807) is 0 Å². The number of aliphatic hydroxyl groups is 1. The molecule has 0 amide bonds. The zero-order chi connectivity index (χ0) is 15.7. The van der Waals surface area contributed by atoms with Crippen LogP contribution in [0, 0.1) is 10.1 Å². The molecule has 0 aliphatic rings. The summed E-state index contributed by atoms with van der Waals surface area (Å²) in [5.74, 6) is 0.146. The van der Waals surface area contributed by atoms with E-state index < -0.39 is 11.0 Å². The lowest BCUT2D eigenvalue weighted by Gasteiger charge is -2.06. The minimum absolute atomic E-state index is 0.0104. The van der Waals surface area contributed by atoms with Crippen molar-refractivity contribution in [3.63, 3.8) is 0 Å². The number of rotatable bonds is 4. The highest BCUT2D eigenvalue weighted by Crippen LogP contribution is 2.44. The quantitative estimate of drug-likeness (QED) is 0.441. The van der Waals surface area contributed by atoms with Crippen LogP contribution >= 0.6 is 46.1 Å². The maximum atomic E-state index is 11.0. The summed E-state index contributed by atoms with van der Waals surface area (Å²) < 4.78 is 5.46. The van der Waals surface area contributed by atoms with Crippen molar-refractivity contribution in [1.82, 2.24) is 0 Å². The molecule has 0 aliphatic heterocycles. The first-order valence-electron chi connectivity index (χ1n) is 5.58. The topological polar surface area (TPSA) is 72.6 Å². The van der Waals surface area contributed by atoms with E-state index in [1.807, 2.05) is 0 Å². The van der Waals surface area contributed by atoms with Gasteiger partial charge < -0.3 is 9.84 Å². The van der Waals surface area contributed by atoms with E-state index >= 15 is 0 Å². The average molecular weight is 369 g/mol. The van der Waals surface area contributed by atoms with Crippen molar-refractivity contribution in [2.24, 2.45) is 0 Å². The van der Waals surface area contributed by atoms with E-state index in [2.05, 4.69) is 0 Å². The lowest BCUT2D eigenvalue weighted by Crippen LogP contribution is -1.90. The first kappa shape index (κ1) is 16.3. The van der Waals surface area contributed by atoms with Crippen molar-refractivity contribution in [3.05, 3.63) is 48.3 Å². The molecular formula is C12H8Cl3NO4S. The molecule has 9 heteroatoms. The standard InChI is InChI=1S/C12H8Cl3NO4S/c1-5(17)11-4-9(16(18)19)12(21-11)20-10-3-7(14)6(13)2-8(10)15/h2-5,17H,1H3. The molecule has 0 radical (unpaired) electrons. The first-order chi connectivity index (χ1) is 9.79. The van der Waals surface area contributed by atoms with E-state index in [0.717, 1.165) is 11.3 Å². The van der Waals surface area contributed by atoms with Crippen LogP contribution in [-0.2, 0) is 0 Å². The Balaban J connectivity index is 2.43. The minimum atomic E-state index is -0.838. The number of nitro groups is 1. The molecule has 0 saturated heterocycles. The molecule has 112 valence electrons. The van der Waals surface area contributed by atoms with Crippen LogP contribution in [0.5, 0.6) is 10.8 Å². The molecule has 2 rings (SSSR count). The van der Waals surface area contributed by atoms with Crippen LogP contribution in [-0.4, -0.2) is 10.0 Å². The summed E-state index contributed by atoms with van der Waals surface area (Å²) in [5.41, 5.74) is -0.252. The lowest BCUT2D eigenvalue weighted by atomic mass is 10.3. The Morgan fingerprint density at radius 3 is 2.43 bits per heavy atom. The van der Waals surface area contributed by atoms with Crippen LogP contribution in [0.25, 0.3) is 0 Å². The van der Waals surface area contributed by atoms with E-state index in [1.165, 1.54) is 25.1 Å². The number of aliphatic hydroxyl groups excluding tert-OH is 1. The molecule has 21 heavy (non-hydrogen) atoms. The van der Waals surface area contributed by atoms with E-state index in [-0.39, 0.29) is 31.6 Å². The SMILES string of the molecule is CC(O)c1cc([N+](=O)[O-])c(Oc2cc(Cl)c(Cl)cc2Cl)s1. The third-order valence-corrected chi connectivity index (χ3v) is 4.67. The van der Waals surface area contributed by atoms with E-state index in [0.29, 0.717) is 4.88 Å². The van der Waals surface area contributed by atoms with Crippen molar-refractivity contribution < 1.29 is 14.8 Å². The van der Waals surface area contributed by atoms with Gasteiger partial charge in [0.1, 0.15) is 5.75 Å². The fourth-order valence-electron chi connectivity index (χ4n) is 1.47. The Kier molecular flexibility index (Phi) is 4.95. The van der Waals surface area contributed by atoms with Crippen LogP contribution in [0.15, 0.2) is 18.2 Å². The molecule has 1 unspecified atom stereocenters. The third kappa shape index (κ3) is 3.59. The van der Waals surface area contributed by atoms with E-state index in [4.69, 9.17) is 39.5 Å². The van der Waals surface area contributed by atoms with Crippen LogP contribution in [0.3, 0.4) is 0 Å². The second kappa shape index (κ2) is 6.37. The normalized spacial score (nSPS) is 12.2. The van der Waals surface area contributed by atoms with Crippen molar-refractivity contribution in [1.29, 1.82) is 0 Å². The Bertz CT molecular complexity index is 702. The number of nitrogens with zero attached hydrogens (tertiary/aromatic N) is 1. The minimum Gasteiger partial charge on any atom is -0.438 e. The summed E-state index contributed by atoms with van der Waals surface area (Å²) in [6.45, 7) is 1.51. The first-order valence-corrected chi connectivity index (χ1v) is 7.53. The van der Waals surface area contributed by atoms with Gasteiger partial charge in [0, 0.05) is 17.0 Å². The Morgan fingerprint density at radius 1 is 1.24 bits per heavy atom. The van der Waals surface area contributed by atoms with Gasteiger partial charge in [-0.25, -0.2) is 0 Å². The predicted molar refractivity (Wildman–Crippen MR) is 83.2 cm³/mol. The molecule has 1 N–H and O–H groups in total. The van der Waals surface area contributed by atoms with Crippen molar-refractivity contribution >= 4 is 51.8 Å². The van der Waals surface area contributed by atoms with Gasteiger partial charge in [-0.15, -0.1) is 0 Å². The number of ether oxygens (including phenoxy) is 1. The summed E-state index contributed by atoms with van der Waals surface area (Å²) in [6.07, 6.45) is -0.838. The largest absolute Gasteiger partial charge is 0.438 e.